The maximum Gasteiger partial charge on any atom is 0.249 e. The molecule has 2 rings (SSSR count). The van der Waals surface area contributed by atoms with E-state index in [1.54, 1.807) is 0 Å². The highest BCUT2D eigenvalue weighted by Crippen LogP contribution is 2.23. The molecule has 2 atom stereocenters. The van der Waals surface area contributed by atoms with Crippen molar-refractivity contribution < 1.29 is 9.90 Å². The number of benzene rings is 2. The molecule has 0 bridgehead atoms. The molecule has 2 aromatic rings. The number of halogens is 1. The third-order valence-electron chi connectivity index (χ3n) is 3.00. The van der Waals surface area contributed by atoms with Gasteiger partial charge in [-0.25, -0.2) is 0 Å². The fourth-order valence-corrected chi connectivity index (χ4v) is 2.19. The van der Waals surface area contributed by atoms with Crippen LogP contribution in [0.2, 0.25) is 0 Å². The van der Waals surface area contributed by atoms with Gasteiger partial charge in [-0.15, -0.1) is 0 Å². The monoisotopic (exact) mass is 333 g/mol. The Morgan fingerprint density at radius 3 is 2.15 bits per heavy atom. The minimum Gasteiger partial charge on any atom is -0.384 e. The number of hydrogen-bond donors (Lipinski definition) is 2. The fraction of sp³-hybridized carbons (Fsp3) is 0.188. The Balaban J connectivity index is 2.34. The van der Waals surface area contributed by atoms with Crippen LogP contribution in [0, 0.1) is 0 Å². The van der Waals surface area contributed by atoms with Gasteiger partial charge in [-0.3, -0.25) is 4.79 Å². The van der Waals surface area contributed by atoms with E-state index < -0.39 is 6.10 Å². The van der Waals surface area contributed by atoms with Gasteiger partial charge in [-0.1, -0.05) is 58.4 Å². The highest BCUT2D eigenvalue weighted by molar-refractivity contribution is 9.10. The fourth-order valence-electron chi connectivity index (χ4n) is 1.92. The lowest BCUT2D eigenvalue weighted by atomic mass is 9.98. The number of aliphatic hydroxyl groups is 1. The Labute approximate surface area is 126 Å². The Hall–Kier alpha value is -1.65. The van der Waals surface area contributed by atoms with E-state index in [9.17, 15) is 9.90 Å². The minimum absolute atomic E-state index is 0.272. The van der Waals surface area contributed by atoms with E-state index in [0.717, 1.165) is 15.6 Å². The molecule has 0 saturated heterocycles. The van der Waals surface area contributed by atoms with Gasteiger partial charge in [0.05, 0.1) is 6.04 Å². The third kappa shape index (κ3) is 3.68. The number of carbonyl (C=O) groups excluding carboxylic acids is 1. The molecule has 0 fully saturated rings. The van der Waals surface area contributed by atoms with Crippen molar-refractivity contribution in [3.8, 4) is 0 Å². The zero-order valence-electron chi connectivity index (χ0n) is 11.1. The molecule has 0 heterocycles. The quantitative estimate of drug-likeness (QED) is 0.903. The summed E-state index contributed by atoms with van der Waals surface area (Å²) < 4.78 is 0.981. The Kier molecular flexibility index (Phi) is 4.93. The number of hydrogen-bond acceptors (Lipinski definition) is 2. The summed E-state index contributed by atoms with van der Waals surface area (Å²) >= 11 is 3.40. The summed E-state index contributed by atoms with van der Waals surface area (Å²) in [7, 11) is 0. The highest BCUT2D eigenvalue weighted by atomic mass is 79.9. The summed E-state index contributed by atoms with van der Waals surface area (Å²) in [4.78, 5) is 11.8. The van der Waals surface area contributed by atoms with Crippen molar-refractivity contribution in [1.82, 2.24) is 5.32 Å². The van der Waals surface area contributed by atoms with E-state index >= 15 is 0 Å². The standard InChI is InChI=1S/C16H16BrNO2/c1-11(19)16(20)18-15(12-5-3-2-4-6-12)13-7-9-14(17)10-8-13/h2-11,15,19H,1H3,(H,18,20). The molecule has 0 spiro atoms. The summed E-state index contributed by atoms with van der Waals surface area (Å²) in [5, 5.41) is 12.3. The third-order valence-corrected chi connectivity index (χ3v) is 3.53. The molecule has 1 amide bonds. The lowest BCUT2D eigenvalue weighted by Crippen LogP contribution is -2.36. The molecule has 0 aliphatic rings. The number of nitrogens with one attached hydrogen (secondary N) is 1. The molecule has 0 aliphatic heterocycles. The molecule has 3 nitrogen and oxygen atoms in total. The summed E-state index contributed by atoms with van der Waals surface area (Å²) in [5.41, 5.74) is 1.94. The van der Waals surface area contributed by atoms with Crippen LogP contribution in [-0.2, 0) is 4.79 Å². The molecular weight excluding hydrogens is 318 g/mol. The molecule has 0 aliphatic carbocycles. The van der Waals surface area contributed by atoms with Crippen LogP contribution in [0.25, 0.3) is 0 Å². The van der Waals surface area contributed by atoms with Crippen molar-refractivity contribution >= 4 is 21.8 Å². The number of amides is 1. The number of aliphatic hydroxyl groups excluding tert-OH is 1. The van der Waals surface area contributed by atoms with Crippen molar-refractivity contribution in [1.29, 1.82) is 0 Å². The topological polar surface area (TPSA) is 49.3 Å². The normalized spacial score (nSPS) is 13.6. The Morgan fingerprint density at radius 2 is 1.60 bits per heavy atom. The first-order valence-electron chi connectivity index (χ1n) is 6.37. The van der Waals surface area contributed by atoms with Crippen molar-refractivity contribution in [3.63, 3.8) is 0 Å². The summed E-state index contributed by atoms with van der Waals surface area (Å²) in [5.74, 6) is -0.387. The maximum absolute atomic E-state index is 11.8. The molecule has 4 heteroatoms. The molecule has 104 valence electrons. The van der Waals surface area contributed by atoms with Crippen LogP contribution < -0.4 is 5.32 Å². The van der Waals surface area contributed by atoms with Gasteiger partial charge in [0.1, 0.15) is 6.10 Å². The second kappa shape index (κ2) is 6.68. The predicted octanol–water partition coefficient (Wildman–Crippen LogP) is 3.04. The van der Waals surface area contributed by atoms with E-state index in [1.807, 2.05) is 54.6 Å². The zero-order chi connectivity index (χ0) is 14.5. The van der Waals surface area contributed by atoms with Gasteiger partial charge in [0.25, 0.3) is 0 Å². The van der Waals surface area contributed by atoms with Crippen LogP contribution in [-0.4, -0.2) is 17.1 Å². The van der Waals surface area contributed by atoms with E-state index in [4.69, 9.17) is 0 Å². The second-order valence-electron chi connectivity index (χ2n) is 4.58. The van der Waals surface area contributed by atoms with Crippen LogP contribution in [0.5, 0.6) is 0 Å². The molecule has 2 unspecified atom stereocenters. The summed E-state index contributed by atoms with van der Waals surface area (Å²) in [6, 6.07) is 17.2. The summed E-state index contributed by atoms with van der Waals surface area (Å²) in [6.45, 7) is 1.46. The van der Waals surface area contributed by atoms with E-state index in [1.165, 1.54) is 6.92 Å². The van der Waals surface area contributed by atoms with E-state index in [-0.39, 0.29) is 11.9 Å². The first-order valence-corrected chi connectivity index (χ1v) is 7.16. The van der Waals surface area contributed by atoms with E-state index in [0.29, 0.717) is 0 Å². The number of rotatable bonds is 4. The molecule has 0 radical (unpaired) electrons. The molecule has 0 aromatic heterocycles. The van der Waals surface area contributed by atoms with E-state index in [2.05, 4.69) is 21.2 Å². The predicted molar refractivity (Wildman–Crippen MR) is 82.3 cm³/mol. The zero-order valence-corrected chi connectivity index (χ0v) is 12.7. The molecule has 20 heavy (non-hydrogen) atoms. The first-order chi connectivity index (χ1) is 9.58. The Morgan fingerprint density at radius 1 is 1.05 bits per heavy atom. The smallest absolute Gasteiger partial charge is 0.249 e. The maximum atomic E-state index is 11.8. The van der Waals surface area contributed by atoms with Gasteiger partial charge in [-0.2, -0.15) is 0 Å². The van der Waals surface area contributed by atoms with Gasteiger partial charge < -0.3 is 10.4 Å². The van der Waals surface area contributed by atoms with Crippen molar-refractivity contribution in [2.45, 2.75) is 19.1 Å². The van der Waals surface area contributed by atoms with Gasteiger partial charge >= 0.3 is 0 Å². The van der Waals surface area contributed by atoms with Gasteiger partial charge in [-0.05, 0) is 30.2 Å². The van der Waals surface area contributed by atoms with Crippen LogP contribution in [0.15, 0.2) is 59.1 Å². The SMILES string of the molecule is CC(O)C(=O)NC(c1ccccc1)c1ccc(Br)cc1. The largest absolute Gasteiger partial charge is 0.384 e. The highest BCUT2D eigenvalue weighted by Gasteiger charge is 2.18. The van der Waals surface area contributed by atoms with Crippen LogP contribution in [0.3, 0.4) is 0 Å². The summed E-state index contributed by atoms with van der Waals surface area (Å²) in [6.07, 6.45) is -1.03. The lowest BCUT2D eigenvalue weighted by Gasteiger charge is -2.20. The molecule has 2 aromatic carbocycles. The van der Waals surface area contributed by atoms with Gasteiger partial charge in [0.15, 0.2) is 0 Å². The van der Waals surface area contributed by atoms with Gasteiger partial charge in [0, 0.05) is 4.47 Å². The number of carbonyl (C=O) groups is 1. The Bertz CT molecular complexity index is 567. The van der Waals surface area contributed by atoms with Crippen LogP contribution in [0.4, 0.5) is 0 Å². The average Bonchev–Trinajstić information content (AvgIpc) is 2.46. The van der Waals surface area contributed by atoms with Crippen LogP contribution in [0.1, 0.15) is 24.1 Å². The average molecular weight is 334 g/mol. The van der Waals surface area contributed by atoms with Gasteiger partial charge in [0.2, 0.25) is 5.91 Å². The second-order valence-corrected chi connectivity index (χ2v) is 5.50. The lowest BCUT2D eigenvalue weighted by molar-refractivity contribution is -0.129. The van der Waals surface area contributed by atoms with Crippen LogP contribution >= 0.6 is 15.9 Å². The molecule has 0 saturated carbocycles. The van der Waals surface area contributed by atoms with Crippen molar-refractivity contribution in [2.24, 2.45) is 0 Å². The molecular formula is C16H16BrNO2. The first kappa shape index (κ1) is 14.8. The molecule has 2 N–H and O–H groups in total. The minimum atomic E-state index is -1.03. The van der Waals surface area contributed by atoms with Crippen molar-refractivity contribution in [2.75, 3.05) is 0 Å². The van der Waals surface area contributed by atoms with Crippen molar-refractivity contribution in [3.05, 3.63) is 70.2 Å².